The van der Waals surface area contributed by atoms with Crippen molar-refractivity contribution in [3.63, 3.8) is 0 Å². The summed E-state index contributed by atoms with van der Waals surface area (Å²) < 4.78 is 40.4. The Kier molecular flexibility index (Phi) is 7.57. The van der Waals surface area contributed by atoms with Crippen molar-refractivity contribution in [3.8, 4) is 17.0 Å². The van der Waals surface area contributed by atoms with Gasteiger partial charge in [0.25, 0.3) is 0 Å². The maximum atomic E-state index is 14.7. The lowest BCUT2D eigenvalue weighted by Crippen LogP contribution is -2.52. The number of nitrogens with zero attached hydrogens (tertiary/aromatic N) is 2. The summed E-state index contributed by atoms with van der Waals surface area (Å²) in [6.45, 7) is 12.7. The normalized spacial score (nSPS) is 13.6. The van der Waals surface area contributed by atoms with Crippen molar-refractivity contribution < 1.29 is 23.0 Å². The number of rotatable bonds is 7. The number of benzene rings is 1. The van der Waals surface area contributed by atoms with Gasteiger partial charge in [-0.3, -0.25) is 0 Å². The SMILES string of the molecule is Cc1nccc(-c2ccc(OC[C@](C)(CC(C)C)NC(=O)OC(C)(C)C)c(F)c2F)n1. The van der Waals surface area contributed by atoms with Gasteiger partial charge < -0.3 is 14.8 Å². The second-order valence-electron chi connectivity index (χ2n) is 9.30. The Morgan fingerprint density at radius 1 is 1.13 bits per heavy atom. The number of amides is 1. The molecule has 0 saturated heterocycles. The Bertz CT molecular complexity index is 929. The first-order chi connectivity index (χ1) is 14.3. The molecule has 1 heterocycles. The van der Waals surface area contributed by atoms with E-state index in [1.54, 1.807) is 34.6 Å². The summed E-state index contributed by atoms with van der Waals surface area (Å²) in [7, 11) is 0. The average Bonchev–Trinajstić information content (AvgIpc) is 2.60. The van der Waals surface area contributed by atoms with Crippen LogP contribution in [0.1, 0.15) is 53.8 Å². The summed E-state index contributed by atoms with van der Waals surface area (Å²) >= 11 is 0. The van der Waals surface area contributed by atoms with Crippen molar-refractivity contribution in [2.45, 2.75) is 66.0 Å². The van der Waals surface area contributed by atoms with Crippen molar-refractivity contribution >= 4 is 6.09 Å². The van der Waals surface area contributed by atoms with Gasteiger partial charge in [0, 0.05) is 11.8 Å². The van der Waals surface area contributed by atoms with Gasteiger partial charge in [0.1, 0.15) is 18.0 Å². The smallest absolute Gasteiger partial charge is 0.408 e. The zero-order chi connectivity index (χ0) is 23.4. The van der Waals surface area contributed by atoms with Crippen LogP contribution in [0.4, 0.5) is 13.6 Å². The van der Waals surface area contributed by atoms with Crippen molar-refractivity contribution in [2.24, 2.45) is 5.92 Å². The molecular formula is C23H31F2N3O3. The Morgan fingerprint density at radius 3 is 2.39 bits per heavy atom. The summed E-state index contributed by atoms with van der Waals surface area (Å²) in [4.78, 5) is 20.4. The third kappa shape index (κ3) is 7.15. The highest BCUT2D eigenvalue weighted by Gasteiger charge is 2.31. The van der Waals surface area contributed by atoms with Crippen molar-refractivity contribution in [1.82, 2.24) is 15.3 Å². The Balaban J connectivity index is 2.21. The second-order valence-corrected chi connectivity index (χ2v) is 9.30. The molecule has 0 bridgehead atoms. The largest absolute Gasteiger partial charge is 0.488 e. The van der Waals surface area contributed by atoms with E-state index in [-0.39, 0.29) is 29.5 Å². The Morgan fingerprint density at radius 2 is 1.81 bits per heavy atom. The van der Waals surface area contributed by atoms with E-state index < -0.39 is 28.9 Å². The average molecular weight is 436 g/mol. The van der Waals surface area contributed by atoms with E-state index >= 15 is 0 Å². The topological polar surface area (TPSA) is 73.3 Å². The third-order valence-corrected chi connectivity index (χ3v) is 4.31. The summed E-state index contributed by atoms with van der Waals surface area (Å²) in [5.74, 6) is -1.74. The second kappa shape index (κ2) is 9.58. The van der Waals surface area contributed by atoms with E-state index in [0.29, 0.717) is 12.2 Å². The Labute approximate surface area is 182 Å². The lowest BCUT2D eigenvalue weighted by molar-refractivity contribution is 0.0406. The van der Waals surface area contributed by atoms with E-state index in [0.717, 1.165) is 0 Å². The molecule has 0 unspecified atom stereocenters. The number of ether oxygens (including phenoxy) is 2. The van der Waals surface area contributed by atoms with Gasteiger partial charge in [-0.15, -0.1) is 0 Å². The molecule has 2 aromatic rings. The first kappa shape index (κ1) is 24.5. The van der Waals surface area contributed by atoms with Crippen molar-refractivity contribution in [1.29, 1.82) is 0 Å². The molecule has 6 nitrogen and oxygen atoms in total. The lowest BCUT2D eigenvalue weighted by atomic mass is 9.91. The first-order valence-electron chi connectivity index (χ1n) is 10.2. The monoisotopic (exact) mass is 435 g/mol. The highest BCUT2D eigenvalue weighted by Crippen LogP contribution is 2.30. The van der Waals surface area contributed by atoms with Gasteiger partial charge in [0.05, 0.1) is 11.2 Å². The molecule has 0 saturated carbocycles. The lowest BCUT2D eigenvalue weighted by Gasteiger charge is -2.33. The maximum Gasteiger partial charge on any atom is 0.408 e. The number of carbonyl (C=O) groups is 1. The minimum atomic E-state index is -1.11. The molecule has 1 atom stereocenters. The van der Waals surface area contributed by atoms with Crippen molar-refractivity contribution in [2.75, 3.05) is 6.61 Å². The summed E-state index contributed by atoms with van der Waals surface area (Å²) in [5, 5.41) is 2.81. The van der Waals surface area contributed by atoms with Crippen LogP contribution in [0.2, 0.25) is 0 Å². The van der Waals surface area contributed by atoms with Gasteiger partial charge in [0.2, 0.25) is 5.82 Å². The van der Waals surface area contributed by atoms with Gasteiger partial charge >= 0.3 is 6.09 Å². The van der Waals surface area contributed by atoms with E-state index in [4.69, 9.17) is 9.47 Å². The number of nitrogens with one attached hydrogen (secondary N) is 1. The number of aromatic nitrogens is 2. The van der Waals surface area contributed by atoms with Crippen molar-refractivity contribution in [3.05, 3.63) is 41.9 Å². The number of halogens is 2. The van der Waals surface area contributed by atoms with Crippen LogP contribution in [0.3, 0.4) is 0 Å². The molecule has 8 heteroatoms. The van der Waals surface area contributed by atoms with E-state index in [9.17, 15) is 13.6 Å². The number of aryl methyl sites for hydroxylation is 1. The maximum absolute atomic E-state index is 14.7. The zero-order valence-electron chi connectivity index (χ0n) is 19.2. The van der Waals surface area contributed by atoms with Crippen LogP contribution in [-0.4, -0.2) is 33.8 Å². The predicted octanol–water partition coefficient (Wildman–Crippen LogP) is 5.44. The molecule has 170 valence electrons. The molecular weight excluding hydrogens is 404 g/mol. The molecule has 1 N–H and O–H groups in total. The van der Waals surface area contributed by atoms with Gasteiger partial charge in [-0.25, -0.2) is 19.2 Å². The molecule has 0 aliphatic heterocycles. The quantitative estimate of drug-likeness (QED) is 0.627. The van der Waals surface area contributed by atoms with Gasteiger partial charge in [-0.2, -0.15) is 4.39 Å². The highest BCUT2D eigenvalue weighted by atomic mass is 19.2. The predicted molar refractivity (Wildman–Crippen MR) is 115 cm³/mol. The molecule has 0 radical (unpaired) electrons. The van der Waals surface area contributed by atoms with Crippen LogP contribution >= 0.6 is 0 Å². The van der Waals surface area contributed by atoms with E-state index in [1.165, 1.54) is 24.4 Å². The molecule has 1 aromatic carbocycles. The summed E-state index contributed by atoms with van der Waals surface area (Å²) in [6, 6.07) is 4.28. The fourth-order valence-electron chi connectivity index (χ4n) is 3.28. The van der Waals surface area contributed by atoms with E-state index in [2.05, 4.69) is 15.3 Å². The van der Waals surface area contributed by atoms with Crippen LogP contribution in [0.5, 0.6) is 5.75 Å². The van der Waals surface area contributed by atoms with Crippen LogP contribution in [-0.2, 0) is 4.74 Å². The number of hydrogen-bond donors (Lipinski definition) is 1. The van der Waals surface area contributed by atoms with E-state index in [1.807, 2.05) is 13.8 Å². The fraction of sp³-hybridized carbons (Fsp3) is 0.522. The van der Waals surface area contributed by atoms with Crippen LogP contribution in [0, 0.1) is 24.5 Å². The fourth-order valence-corrected chi connectivity index (χ4v) is 3.28. The molecule has 0 fully saturated rings. The minimum Gasteiger partial charge on any atom is -0.488 e. The number of hydrogen-bond acceptors (Lipinski definition) is 5. The van der Waals surface area contributed by atoms with Crippen LogP contribution in [0.15, 0.2) is 24.4 Å². The third-order valence-electron chi connectivity index (χ3n) is 4.31. The zero-order valence-corrected chi connectivity index (χ0v) is 19.2. The minimum absolute atomic E-state index is 0.0205. The molecule has 1 aromatic heterocycles. The molecule has 0 spiro atoms. The molecule has 2 rings (SSSR count). The Hall–Kier alpha value is -2.77. The number of carbonyl (C=O) groups excluding carboxylic acids is 1. The van der Waals surface area contributed by atoms with Gasteiger partial charge in [-0.1, -0.05) is 13.8 Å². The van der Waals surface area contributed by atoms with Crippen LogP contribution < -0.4 is 10.1 Å². The van der Waals surface area contributed by atoms with Gasteiger partial charge in [0.15, 0.2) is 11.6 Å². The first-order valence-corrected chi connectivity index (χ1v) is 10.2. The van der Waals surface area contributed by atoms with Crippen LogP contribution in [0.25, 0.3) is 11.3 Å². The molecule has 0 aliphatic rings. The summed E-state index contributed by atoms with van der Waals surface area (Å²) in [6.07, 6.45) is 1.44. The number of alkyl carbamates (subject to hydrolysis) is 1. The molecule has 31 heavy (non-hydrogen) atoms. The molecule has 0 aliphatic carbocycles. The standard InChI is InChI=1S/C23H31F2N3O3/c1-14(2)12-23(7,28-21(29)31-22(4,5)6)13-30-18-9-8-16(19(24)20(18)25)17-10-11-26-15(3)27-17/h8-11,14H,12-13H2,1-7H3,(H,28,29)/t23-/m0/s1. The highest BCUT2D eigenvalue weighted by molar-refractivity contribution is 5.68. The van der Waals surface area contributed by atoms with Gasteiger partial charge in [-0.05, 0) is 65.2 Å². The summed E-state index contributed by atoms with van der Waals surface area (Å²) in [5.41, 5.74) is -1.20. The molecule has 1 amide bonds.